The molecule has 0 amide bonds. The Hall–Kier alpha value is -0.0800. The van der Waals surface area contributed by atoms with Crippen LogP contribution in [0, 0.1) is 5.92 Å². The molecule has 82 valence electrons. The molecule has 4 unspecified atom stereocenters. The molecule has 0 aromatic carbocycles. The van der Waals surface area contributed by atoms with Gasteiger partial charge in [0.25, 0.3) is 0 Å². The Balaban J connectivity index is 1.74. The molecule has 2 aliphatic carbocycles. The average molecular weight is 196 g/mol. The Bertz CT molecular complexity index is 181. The van der Waals surface area contributed by atoms with Crippen LogP contribution in [0.25, 0.3) is 0 Å². The van der Waals surface area contributed by atoms with Crippen LogP contribution >= 0.6 is 0 Å². The second-order valence-corrected chi connectivity index (χ2v) is 5.41. The molecule has 0 aliphatic heterocycles. The van der Waals surface area contributed by atoms with E-state index >= 15 is 0 Å². The number of hydrogen-bond donors (Lipinski definition) is 2. The molecule has 0 aromatic heterocycles. The molecule has 4 atom stereocenters. The topological polar surface area (TPSA) is 38.0 Å². The first-order chi connectivity index (χ1) is 6.74. The van der Waals surface area contributed by atoms with Crippen molar-refractivity contribution >= 4 is 0 Å². The largest absolute Gasteiger partial charge is 0.328 e. The maximum Gasteiger partial charge on any atom is 0.00849 e. The van der Waals surface area contributed by atoms with Gasteiger partial charge in [-0.25, -0.2) is 0 Å². The van der Waals surface area contributed by atoms with Crippen molar-refractivity contribution < 1.29 is 0 Å². The minimum absolute atomic E-state index is 0.466. The van der Waals surface area contributed by atoms with Gasteiger partial charge in [0.1, 0.15) is 0 Å². The molecular weight excluding hydrogens is 172 g/mol. The zero-order chi connectivity index (χ0) is 9.97. The lowest BCUT2D eigenvalue weighted by Crippen LogP contribution is -2.40. The van der Waals surface area contributed by atoms with E-state index in [2.05, 4.69) is 12.2 Å². The highest BCUT2D eigenvalue weighted by Gasteiger charge is 2.26. The normalized spacial score (nSPS) is 44.1. The molecule has 0 spiro atoms. The summed E-state index contributed by atoms with van der Waals surface area (Å²) in [4.78, 5) is 0. The number of rotatable bonds is 2. The molecule has 2 heteroatoms. The van der Waals surface area contributed by atoms with Gasteiger partial charge < -0.3 is 11.1 Å². The zero-order valence-electron chi connectivity index (χ0n) is 9.34. The van der Waals surface area contributed by atoms with E-state index in [1.54, 1.807) is 0 Å². The highest BCUT2D eigenvalue weighted by atomic mass is 15.0. The predicted octanol–water partition coefficient (Wildman–Crippen LogP) is 2.03. The fourth-order valence-electron chi connectivity index (χ4n) is 3.09. The van der Waals surface area contributed by atoms with Crippen molar-refractivity contribution in [3.05, 3.63) is 0 Å². The van der Waals surface area contributed by atoms with Crippen molar-refractivity contribution in [2.75, 3.05) is 0 Å². The molecule has 0 saturated heterocycles. The third-order valence-electron chi connectivity index (χ3n) is 3.88. The SMILES string of the molecule is CC1CCCC(NC2CCC(N)C2)C1. The van der Waals surface area contributed by atoms with Crippen molar-refractivity contribution in [1.29, 1.82) is 0 Å². The molecule has 2 aliphatic rings. The second kappa shape index (κ2) is 4.63. The van der Waals surface area contributed by atoms with Gasteiger partial charge in [0.05, 0.1) is 0 Å². The van der Waals surface area contributed by atoms with E-state index in [0.717, 1.165) is 18.0 Å². The molecule has 14 heavy (non-hydrogen) atoms. The molecule has 0 bridgehead atoms. The van der Waals surface area contributed by atoms with Crippen molar-refractivity contribution in [1.82, 2.24) is 5.32 Å². The van der Waals surface area contributed by atoms with Crippen LogP contribution < -0.4 is 11.1 Å². The first-order valence-corrected chi connectivity index (χ1v) is 6.25. The third-order valence-corrected chi connectivity index (χ3v) is 3.88. The first-order valence-electron chi connectivity index (χ1n) is 6.25. The van der Waals surface area contributed by atoms with Crippen molar-refractivity contribution in [3.8, 4) is 0 Å². The van der Waals surface area contributed by atoms with E-state index in [1.807, 2.05) is 0 Å². The van der Waals surface area contributed by atoms with E-state index in [9.17, 15) is 0 Å². The fourth-order valence-corrected chi connectivity index (χ4v) is 3.09. The van der Waals surface area contributed by atoms with Gasteiger partial charge in [0, 0.05) is 18.1 Å². The molecule has 3 N–H and O–H groups in total. The van der Waals surface area contributed by atoms with Crippen molar-refractivity contribution in [2.24, 2.45) is 11.7 Å². The van der Waals surface area contributed by atoms with Gasteiger partial charge in [-0.1, -0.05) is 19.8 Å². The monoisotopic (exact) mass is 196 g/mol. The Morgan fingerprint density at radius 1 is 1.00 bits per heavy atom. The summed E-state index contributed by atoms with van der Waals surface area (Å²) in [5, 5.41) is 3.80. The van der Waals surface area contributed by atoms with Crippen LogP contribution in [0.1, 0.15) is 51.9 Å². The maximum absolute atomic E-state index is 5.92. The Morgan fingerprint density at radius 2 is 1.79 bits per heavy atom. The van der Waals surface area contributed by atoms with Crippen LogP contribution in [0.15, 0.2) is 0 Å². The molecule has 0 heterocycles. The second-order valence-electron chi connectivity index (χ2n) is 5.41. The summed E-state index contributed by atoms with van der Waals surface area (Å²) in [6.07, 6.45) is 9.33. The molecule has 0 aromatic rings. The van der Waals surface area contributed by atoms with Crippen LogP contribution in [0.3, 0.4) is 0 Å². The van der Waals surface area contributed by atoms with E-state index in [-0.39, 0.29) is 0 Å². The quantitative estimate of drug-likeness (QED) is 0.709. The minimum atomic E-state index is 0.466. The molecule has 0 radical (unpaired) electrons. The summed E-state index contributed by atoms with van der Waals surface area (Å²) >= 11 is 0. The molecule has 2 fully saturated rings. The van der Waals surface area contributed by atoms with E-state index in [1.165, 1.54) is 44.9 Å². The predicted molar refractivity (Wildman–Crippen MR) is 60.2 cm³/mol. The molecular formula is C12H24N2. The van der Waals surface area contributed by atoms with E-state index in [4.69, 9.17) is 5.73 Å². The Morgan fingerprint density at radius 3 is 2.43 bits per heavy atom. The highest BCUT2D eigenvalue weighted by molar-refractivity contribution is 4.86. The molecule has 2 nitrogen and oxygen atoms in total. The zero-order valence-corrected chi connectivity index (χ0v) is 9.34. The van der Waals surface area contributed by atoms with Crippen molar-refractivity contribution in [2.45, 2.75) is 70.0 Å². The molecule has 2 saturated carbocycles. The lowest BCUT2D eigenvalue weighted by atomic mass is 9.86. The summed E-state index contributed by atoms with van der Waals surface area (Å²) in [5.74, 6) is 0.927. The highest BCUT2D eigenvalue weighted by Crippen LogP contribution is 2.26. The Kier molecular flexibility index (Phi) is 3.45. The van der Waals surface area contributed by atoms with Gasteiger partial charge in [-0.3, -0.25) is 0 Å². The van der Waals surface area contributed by atoms with Gasteiger partial charge in [0.2, 0.25) is 0 Å². The van der Waals surface area contributed by atoms with Gasteiger partial charge in [-0.2, -0.15) is 0 Å². The van der Waals surface area contributed by atoms with Crippen LogP contribution in [0.4, 0.5) is 0 Å². The average Bonchev–Trinajstić information content (AvgIpc) is 2.51. The van der Waals surface area contributed by atoms with E-state index < -0.39 is 0 Å². The first kappa shape index (κ1) is 10.4. The lowest BCUT2D eigenvalue weighted by Gasteiger charge is -2.30. The van der Waals surface area contributed by atoms with Crippen LogP contribution in [-0.2, 0) is 0 Å². The number of nitrogens with two attached hydrogens (primary N) is 1. The third kappa shape index (κ3) is 2.71. The van der Waals surface area contributed by atoms with Crippen LogP contribution in [-0.4, -0.2) is 18.1 Å². The fraction of sp³-hybridized carbons (Fsp3) is 1.00. The molecule has 2 rings (SSSR count). The Labute approximate surface area is 87.6 Å². The lowest BCUT2D eigenvalue weighted by molar-refractivity contribution is 0.280. The summed E-state index contributed by atoms with van der Waals surface area (Å²) in [5.41, 5.74) is 5.92. The number of nitrogens with one attached hydrogen (secondary N) is 1. The maximum atomic E-state index is 5.92. The van der Waals surface area contributed by atoms with Crippen LogP contribution in [0.5, 0.6) is 0 Å². The van der Waals surface area contributed by atoms with E-state index in [0.29, 0.717) is 6.04 Å². The van der Waals surface area contributed by atoms with Gasteiger partial charge in [-0.15, -0.1) is 0 Å². The standard InChI is InChI=1S/C12H24N2/c1-9-3-2-4-11(7-9)14-12-6-5-10(13)8-12/h9-12,14H,2-8,13H2,1H3. The van der Waals surface area contributed by atoms with Gasteiger partial charge >= 0.3 is 0 Å². The summed E-state index contributed by atoms with van der Waals surface area (Å²) in [6.45, 7) is 2.38. The van der Waals surface area contributed by atoms with Crippen molar-refractivity contribution in [3.63, 3.8) is 0 Å². The summed E-state index contributed by atoms with van der Waals surface area (Å²) < 4.78 is 0. The summed E-state index contributed by atoms with van der Waals surface area (Å²) in [6, 6.07) is 1.97. The van der Waals surface area contributed by atoms with Crippen LogP contribution in [0.2, 0.25) is 0 Å². The number of hydrogen-bond acceptors (Lipinski definition) is 2. The smallest absolute Gasteiger partial charge is 0.00849 e. The van der Waals surface area contributed by atoms with Gasteiger partial charge in [0.15, 0.2) is 0 Å². The van der Waals surface area contributed by atoms with Gasteiger partial charge in [-0.05, 0) is 38.0 Å². The minimum Gasteiger partial charge on any atom is -0.328 e. The summed E-state index contributed by atoms with van der Waals surface area (Å²) in [7, 11) is 0.